The minimum absolute atomic E-state index is 0. The van der Waals surface area contributed by atoms with Gasteiger partial charge in [0.05, 0.1) is 0 Å². The molecule has 0 spiro atoms. The molecule has 6 aromatic carbocycles. The molecular formula is C32H28Cl2P2Zr. The molecular weight excluding hydrogens is 608 g/mol. The molecule has 0 atom stereocenters. The van der Waals surface area contributed by atoms with Crippen LogP contribution in [0.25, 0.3) is 21.5 Å². The summed E-state index contributed by atoms with van der Waals surface area (Å²) in [5.74, 6) is 0. The molecule has 0 fully saturated rings. The van der Waals surface area contributed by atoms with Crippen LogP contribution in [0.1, 0.15) is 0 Å². The van der Waals surface area contributed by atoms with Crippen molar-refractivity contribution in [2.75, 3.05) is 13.3 Å². The molecule has 0 saturated carbocycles. The smallest absolute Gasteiger partial charge is 1.00 e. The summed E-state index contributed by atoms with van der Waals surface area (Å²) in [6.07, 6.45) is 0. The maximum absolute atomic E-state index is 2.35. The van der Waals surface area contributed by atoms with Gasteiger partial charge in [-0.2, -0.15) is 12.1 Å². The van der Waals surface area contributed by atoms with E-state index >= 15 is 0 Å². The normalized spacial score (nSPS) is 10.3. The van der Waals surface area contributed by atoms with Gasteiger partial charge >= 0.3 is 26.2 Å². The van der Waals surface area contributed by atoms with Crippen molar-refractivity contribution in [3.8, 4) is 0 Å². The van der Waals surface area contributed by atoms with Crippen LogP contribution in [0.5, 0.6) is 0 Å². The van der Waals surface area contributed by atoms with Gasteiger partial charge in [0.1, 0.15) is 0 Å². The van der Waals surface area contributed by atoms with Crippen molar-refractivity contribution in [2.24, 2.45) is 0 Å². The Kier molecular flexibility index (Phi) is 12.9. The van der Waals surface area contributed by atoms with Gasteiger partial charge in [0, 0.05) is 0 Å². The number of benzene rings is 4. The quantitative estimate of drug-likeness (QED) is 0.202. The third kappa shape index (κ3) is 7.73. The predicted octanol–water partition coefficient (Wildman–Crippen LogP) is 1.25. The van der Waals surface area contributed by atoms with Gasteiger partial charge in [0.15, 0.2) is 0 Å². The molecule has 0 aliphatic rings. The molecule has 37 heavy (non-hydrogen) atoms. The van der Waals surface area contributed by atoms with E-state index in [0.717, 1.165) is 0 Å². The minimum Gasteiger partial charge on any atom is -1.00 e. The van der Waals surface area contributed by atoms with E-state index in [1.807, 2.05) is 0 Å². The zero-order valence-corrected chi connectivity index (χ0v) is 26.6. The van der Waals surface area contributed by atoms with Gasteiger partial charge in [0.2, 0.25) is 0 Å². The first-order valence-corrected chi connectivity index (χ1v) is 15.2. The van der Waals surface area contributed by atoms with E-state index in [1.165, 1.54) is 42.8 Å². The molecule has 0 aromatic heterocycles. The first-order chi connectivity index (χ1) is 16.7. The number of hydrogen-bond acceptors (Lipinski definition) is 0. The maximum atomic E-state index is 2.35. The first kappa shape index (κ1) is 31.6. The van der Waals surface area contributed by atoms with Crippen molar-refractivity contribution in [3.63, 3.8) is 0 Å². The van der Waals surface area contributed by atoms with Crippen LogP contribution in [-0.4, -0.2) is 13.3 Å². The Morgan fingerprint density at radius 3 is 1.30 bits per heavy atom. The van der Waals surface area contributed by atoms with Crippen LogP contribution >= 0.6 is 15.8 Å². The van der Waals surface area contributed by atoms with Gasteiger partial charge in [-0.15, -0.1) is 88.6 Å². The predicted molar refractivity (Wildman–Crippen MR) is 156 cm³/mol. The summed E-state index contributed by atoms with van der Waals surface area (Å²) in [4.78, 5) is 0. The summed E-state index contributed by atoms with van der Waals surface area (Å²) in [5, 5.41) is 11.2. The maximum Gasteiger partial charge on any atom is 4.00 e. The number of halogens is 2. The molecule has 6 rings (SSSR count). The molecule has 0 unspecified atom stereocenters. The zero-order chi connectivity index (χ0) is 23.3. The molecule has 0 heterocycles. The Morgan fingerprint density at radius 1 is 0.486 bits per heavy atom. The van der Waals surface area contributed by atoms with Crippen LogP contribution in [0.4, 0.5) is 0 Å². The second-order valence-corrected chi connectivity index (χ2v) is 13.1. The standard InChI is InChI=1S/C21H16P.C11H12P.2ClH.Zr/c1-3-11-19(12-4-1)22(20-13-5-2-6-14-20)21-15-17-9-7-8-10-18(17)16-21;1-12(2)11-7-9-5-3-4-6-10(9)8-11;;;/h1-16H;3-8H,1-2H3;2*1H;/q2*-1;;;+4/p-2. The molecule has 0 bridgehead atoms. The Labute approximate surface area is 254 Å². The van der Waals surface area contributed by atoms with Crippen molar-refractivity contribution in [3.05, 3.63) is 133 Å². The van der Waals surface area contributed by atoms with Gasteiger partial charge in [-0.3, -0.25) is 0 Å². The van der Waals surface area contributed by atoms with Gasteiger partial charge in [-0.1, -0.05) is 72.8 Å². The van der Waals surface area contributed by atoms with Gasteiger partial charge in [-0.05, 0) is 31.9 Å². The topological polar surface area (TPSA) is 0 Å². The van der Waals surface area contributed by atoms with Crippen molar-refractivity contribution >= 4 is 58.6 Å². The fraction of sp³-hybridized carbons (Fsp3) is 0.0625. The Morgan fingerprint density at radius 2 is 0.865 bits per heavy atom. The summed E-state index contributed by atoms with van der Waals surface area (Å²) < 4.78 is 0. The van der Waals surface area contributed by atoms with E-state index in [-0.39, 0.29) is 58.9 Å². The van der Waals surface area contributed by atoms with Crippen LogP contribution in [0.2, 0.25) is 0 Å². The Bertz CT molecular complexity index is 1390. The Hall–Kier alpha value is -1.58. The molecule has 0 N–H and O–H groups in total. The molecule has 0 nitrogen and oxygen atoms in total. The van der Waals surface area contributed by atoms with Crippen molar-refractivity contribution in [1.82, 2.24) is 0 Å². The van der Waals surface area contributed by atoms with Crippen molar-refractivity contribution < 1.29 is 51.0 Å². The van der Waals surface area contributed by atoms with E-state index in [4.69, 9.17) is 0 Å². The average molecular weight is 637 g/mol. The molecule has 5 heteroatoms. The second-order valence-electron chi connectivity index (χ2n) is 8.59. The van der Waals surface area contributed by atoms with Crippen LogP contribution < -0.4 is 46.0 Å². The molecule has 0 radical (unpaired) electrons. The van der Waals surface area contributed by atoms with Crippen LogP contribution in [-0.2, 0) is 26.2 Å². The summed E-state index contributed by atoms with van der Waals surface area (Å²) in [5.41, 5.74) is 0. The number of hydrogen-bond donors (Lipinski definition) is 0. The third-order valence-corrected chi connectivity index (χ3v) is 9.70. The second kappa shape index (κ2) is 15.1. The number of rotatable bonds is 4. The third-order valence-electron chi connectivity index (χ3n) is 6.01. The Balaban J connectivity index is 0.000000277. The molecule has 0 aliphatic carbocycles. The van der Waals surface area contributed by atoms with E-state index in [1.54, 1.807) is 0 Å². The van der Waals surface area contributed by atoms with Crippen LogP contribution in [0.3, 0.4) is 0 Å². The summed E-state index contributed by atoms with van der Waals surface area (Å²) >= 11 is 0. The first-order valence-electron chi connectivity index (χ1n) is 11.6. The zero-order valence-electron chi connectivity index (χ0n) is 20.9. The molecule has 6 aromatic rings. The fourth-order valence-electron chi connectivity index (χ4n) is 4.26. The summed E-state index contributed by atoms with van der Waals surface area (Å²) in [6.45, 7) is 4.59. The van der Waals surface area contributed by atoms with Gasteiger partial charge in [0.25, 0.3) is 0 Å². The summed E-state index contributed by atoms with van der Waals surface area (Å²) in [6, 6.07) is 48.2. The monoisotopic (exact) mass is 634 g/mol. The molecule has 0 amide bonds. The minimum atomic E-state index is -0.493. The average Bonchev–Trinajstić information content (AvgIpc) is 3.50. The van der Waals surface area contributed by atoms with Gasteiger partial charge < -0.3 is 24.8 Å². The number of fused-ring (bicyclic) bond motifs is 2. The van der Waals surface area contributed by atoms with Crippen LogP contribution in [0.15, 0.2) is 133 Å². The van der Waals surface area contributed by atoms with E-state index < -0.39 is 7.92 Å². The SMILES string of the molecule is CP(C)c1cc2ccccc2[cH-]1.[Cl-].[Cl-].[Zr+4].c1ccc(P(c2ccccc2)c2cc3ccccc3[cH-]2)cc1. The molecule has 0 aliphatic heterocycles. The fourth-order valence-corrected chi connectivity index (χ4v) is 7.42. The van der Waals surface area contributed by atoms with E-state index in [9.17, 15) is 0 Å². The molecule has 0 saturated heterocycles. The van der Waals surface area contributed by atoms with Crippen molar-refractivity contribution in [2.45, 2.75) is 0 Å². The largest absolute Gasteiger partial charge is 4.00 e. The molecule has 184 valence electrons. The van der Waals surface area contributed by atoms with Crippen LogP contribution in [0, 0.1) is 0 Å². The van der Waals surface area contributed by atoms with Gasteiger partial charge in [-0.25, -0.2) is 0 Å². The van der Waals surface area contributed by atoms with Crippen molar-refractivity contribution in [1.29, 1.82) is 0 Å². The summed E-state index contributed by atoms with van der Waals surface area (Å²) in [7, 11) is -0.435. The van der Waals surface area contributed by atoms with E-state index in [0.29, 0.717) is 0 Å². The van der Waals surface area contributed by atoms with E-state index in [2.05, 4.69) is 147 Å².